The predicted octanol–water partition coefficient (Wildman–Crippen LogP) is 14.5. The van der Waals surface area contributed by atoms with Crippen molar-refractivity contribution >= 4 is 65.4 Å². The lowest BCUT2D eigenvalue weighted by molar-refractivity contribution is 0.663. The maximum atomic E-state index is 10.2. The average Bonchev–Trinajstić information content (AvgIpc) is 3.18. The Morgan fingerprint density at radius 2 is 0.788 bits per heavy atom. The van der Waals surface area contributed by atoms with Gasteiger partial charge in [-0.15, -0.1) is 0 Å². The van der Waals surface area contributed by atoms with Crippen LogP contribution in [-0.2, 0) is 0 Å². The van der Waals surface area contributed by atoms with Gasteiger partial charge in [0.1, 0.15) is 22.3 Å². The van der Waals surface area contributed by atoms with Gasteiger partial charge in [0.05, 0.1) is 41.1 Å². The van der Waals surface area contributed by atoms with Crippen LogP contribution in [0.25, 0.3) is 110 Å². The quantitative estimate of drug-likeness (QED) is 0.172. The first-order chi connectivity index (χ1) is 38.3. The summed E-state index contributed by atoms with van der Waals surface area (Å²) < 4.78 is 285. The van der Waals surface area contributed by atoms with Gasteiger partial charge in [0.25, 0.3) is 0 Å². The highest BCUT2D eigenvalue weighted by Crippen LogP contribution is 2.48. The molecule has 0 saturated carbocycles. The van der Waals surface area contributed by atoms with Crippen molar-refractivity contribution < 1.29 is 50.0 Å². The summed E-state index contributed by atoms with van der Waals surface area (Å²) in [5, 5.41) is -5.28. The molecule has 0 N–H and O–H groups in total. The molecule has 242 valence electrons. The highest BCUT2D eigenvalue weighted by molar-refractivity contribution is 6.27. The van der Waals surface area contributed by atoms with Crippen molar-refractivity contribution in [1.82, 2.24) is 0 Å². The molecule has 0 radical (unpaired) electrons. The molecule has 9 aromatic carbocycles. The zero-order chi connectivity index (χ0) is 60.3. The van der Waals surface area contributed by atoms with Gasteiger partial charge in [-0.3, -0.25) is 0 Å². The number of para-hydroxylation sites is 1. The second-order valence-electron chi connectivity index (χ2n) is 11.3. The van der Waals surface area contributed by atoms with Gasteiger partial charge < -0.3 is 8.83 Å². The van der Waals surface area contributed by atoms with Crippen LogP contribution >= 0.6 is 0 Å². The van der Waals surface area contributed by atoms with E-state index < -0.39 is 280 Å². The van der Waals surface area contributed by atoms with E-state index in [1.807, 2.05) is 0 Å². The Kier molecular flexibility index (Phi) is 2.63. The van der Waals surface area contributed by atoms with Crippen LogP contribution in [0.1, 0.15) is 41.1 Å². The second-order valence-corrected chi connectivity index (χ2v) is 11.3. The fraction of sp³-hybridized carbons (Fsp3) is 0. The molecule has 0 aliphatic rings. The predicted molar refractivity (Wildman–Crippen MR) is 218 cm³/mol. The summed E-state index contributed by atoms with van der Waals surface area (Å²) in [6, 6.07) is -29.9. The summed E-state index contributed by atoms with van der Waals surface area (Å²) in [6.07, 6.45) is 0. The van der Waals surface area contributed by atoms with Crippen molar-refractivity contribution in [3.63, 3.8) is 0 Å². The van der Waals surface area contributed by atoms with Crippen LogP contribution in [0.2, 0.25) is 0 Å². The maximum Gasteiger partial charge on any atom is 0.136 e. The number of hydrogen-bond donors (Lipinski definition) is 0. The molecule has 2 aromatic heterocycles. The largest absolute Gasteiger partial charge is 0.456 e. The minimum atomic E-state index is -1.18. The summed E-state index contributed by atoms with van der Waals surface area (Å²) in [6.45, 7) is 0. The minimum absolute atomic E-state index is 0.351. The van der Waals surface area contributed by atoms with Crippen molar-refractivity contribution in [3.05, 3.63) is 181 Å². The van der Waals surface area contributed by atoms with Gasteiger partial charge in [-0.1, -0.05) is 145 Å². The van der Waals surface area contributed by atoms with Crippen molar-refractivity contribution in [2.45, 2.75) is 0 Å². The zero-order valence-electron chi connectivity index (χ0n) is 55.8. The van der Waals surface area contributed by atoms with Crippen LogP contribution in [0.4, 0.5) is 0 Å². The first-order valence-corrected chi connectivity index (χ1v) is 15.3. The third-order valence-corrected chi connectivity index (χ3v) is 8.52. The Morgan fingerprint density at radius 3 is 1.54 bits per heavy atom. The normalized spacial score (nSPS) is 19.9. The number of furan rings is 2. The summed E-state index contributed by atoms with van der Waals surface area (Å²) in [4.78, 5) is 0. The first-order valence-electron chi connectivity index (χ1n) is 30.3. The van der Waals surface area contributed by atoms with Gasteiger partial charge in [-0.05, 0) is 102 Å². The maximum absolute atomic E-state index is 10.2. The fourth-order valence-corrected chi connectivity index (χ4v) is 6.41. The fourth-order valence-electron chi connectivity index (χ4n) is 6.41. The third kappa shape index (κ3) is 4.31. The molecule has 52 heavy (non-hydrogen) atoms. The van der Waals surface area contributed by atoms with E-state index in [1.54, 1.807) is 0 Å². The lowest BCUT2D eigenvalue weighted by Gasteiger charge is -2.20. The van der Waals surface area contributed by atoms with Gasteiger partial charge >= 0.3 is 0 Å². The molecule has 0 fully saturated rings. The van der Waals surface area contributed by atoms with E-state index in [0.29, 0.717) is 0 Å². The molecule has 11 aromatic rings. The molecule has 11 rings (SSSR count). The molecule has 2 heteroatoms. The van der Waals surface area contributed by atoms with Crippen LogP contribution in [0.5, 0.6) is 0 Å². The summed E-state index contributed by atoms with van der Waals surface area (Å²) >= 11 is 0. The Balaban J connectivity index is 1.51. The molecular formula is C50H30O2. The van der Waals surface area contributed by atoms with Gasteiger partial charge in [0.2, 0.25) is 0 Å². The molecule has 0 aliphatic heterocycles. The highest BCUT2D eigenvalue weighted by atomic mass is 16.3. The summed E-state index contributed by atoms with van der Waals surface area (Å²) in [5.74, 6) is 0. The summed E-state index contributed by atoms with van der Waals surface area (Å²) in [7, 11) is 0. The number of hydrogen-bond acceptors (Lipinski definition) is 2. The lowest BCUT2D eigenvalue weighted by atomic mass is 9.83. The van der Waals surface area contributed by atoms with Gasteiger partial charge in [-0.2, -0.15) is 0 Å². The Labute approximate surface area is 341 Å². The highest BCUT2D eigenvalue weighted by Gasteiger charge is 2.22. The monoisotopic (exact) mass is 692 g/mol. The van der Waals surface area contributed by atoms with E-state index in [0.717, 1.165) is 0 Å². The molecule has 0 atom stereocenters. The SMILES string of the molecule is [2H]c1c([2H])c([2H])c(-c2c([2H])c([2H])c([2H])c([2H])c2-c2c3c([2H])c([2H])c([2H])c([2H])c3c(-c3c([2H])c([2H])c4oc5c([2H])c([2H])c6oc7c([2H])c([2H])c([2H])c([2H])c7c6c5c4c3[2H])c3c([2H])c(-c4c([2H])c([2H])c([2H])c([2H])c4[2H])c([2H])c([2H])c23)c([2H])c1[2H]. The standard InChI is InChI=1S/C50H30O2/c1-3-13-31(14-4-1)33-23-25-39-41(29-33)47(37-19-9-10-20-38(37)48(39)36-18-8-7-17-35(36)32-15-5-2-6-16-32)34-24-26-44-42(30-34)50-46(52-44)28-27-45-49(50)40-21-11-12-22-43(40)51-45/h1-30H/i1D,2D,3D,4D,5D,6D,7D,8D,9D,10D,11D,12D,13D,14D,15D,16D,17D,18D,19D,20D,21D,22D,23D,24D,25D,26D,27D,28D,29D,30D. The Morgan fingerprint density at radius 1 is 0.288 bits per heavy atom. The molecule has 0 amide bonds. The van der Waals surface area contributed by atoms with Crippen molar-refractivity contribution in [3.8, 4) is 44.5 Å². The number of fused-ring (bicyclic) bond motifs is 9. The Bertz CT molecular complexity index is 4860. The molecule has 0 spiro atoms. The number of rotatable bonds is 4. The van der Waals surface area contributed by atoms with Gasteiger partial charge in [0, 0.05) is 21.5 Å². The van der Waals surface area contributed by atoms with Crippen LogP contribution in [0.15, 0.2) is 190 Å². The minimum Gasteiger partial charge on any atom is -0.456 e. The van der Waals surface area contributed by atoms with Crippen molar-refractivity contribution in [2.75, 3.05) is 0 Å². The van der Waals surface area contributed by atoms with Crippen molar-refractivity contribution in [2.24, 2.45) is 0 Å². The topological polar surface area (TPSA) is 26.3 Å². The Hall–Kier alpha value is -6.90. The van der Waals surface area contributed by atoms with E-state index in [9.17, 15) is 13.7 Å². The van der Waals surface area contributed by atoms with Gasteiger partial charge in [-0.25, -0.2) is 0 Å². The molecule has 0 saturated heterocycles. The third-order valence-electron chi connectivity index (χ3n) is 8.52. The van der Waals surface area contributed by atoms with Crippen molar-refractivity contribution in [1.29, 1.82) is 0 Å². The molecular weight excluding hydrogens is 633 g/mol. The molecule has 0 unspecified atom stereocenters. The molecule has 2 heterocycles. The van der Waals surface area contributed by atoms with Crippen LogP contribution in [0.3, 0.4) is 0 Å². The number of benzene rings is 9. The molecule has 0 aliphatic carbocycles. The van der Waals surface area contributed by atoms with E-state index in [1.165, 1.54) is 0 Å². The van der Waals surface area contributed by atoms with Crippen LogP contribution in [0, 0.1) is 0 Å². The van der Waals surface area contributed by atoms with E-state index in [-0.39, 0.29) is 10.8 Å². The summed E-state index contributed by atoms with van der Waals surface area (Å²) in [5.41, 5.74) is -9.53. The zero-order valence-corrected chi connectivity index (χ0v) is 25.8. The average molecular weight is 693 g/mol. The van der Waals surface area contributed by atoms with Gasteiger partial charge in [0.15, 0.2) is 0 Å². The van der Waals surface area contributed by atoms with E-state index in [4.69, 9.17) is 36.2 Å². The van der Waals surface area contributed by atoms with Crippen LogP contribution in [-0.4, -0.2) is 0 Å². The van der Waals surface area contributed by atoms with E-state index >= 15 is 0 Å². The lowest BCUT2D eigenvalue weighted by Crippen LogP contribution is -1.93. The van der Waals surface area contributed by atoms with Crippen LogP contribution < -0.4 is 0 Å². The molecule has 0 bridgehead atoms. The second kappa shape index (κ2) is 11.3. The van der Waals surface area contributed by atoms with E-state index in [2.05, 4.69) is 0 Å². The first kappa shape index (κ1) is 12.1. The molecule has 2 nitrogen and oxygen atoms in total. The smallest absolute Gasteiger partial charge is 0.136 e.